The fraction of sp³-hybridized carbons (Fsp3) is 0.571. The largest absolute Gasteiger partial charge is 0.401 e. The van der Waals surface area contributed by atoms with Gasteiger partial charge in [-0.3, -0.25) is 4.90 Å². The molecule has 2 rings (SSSR count). The van der Waals surface area contributed by atoms with E-state index in [1.165, 1.54) is 4.90 Å². The smallest absolute Gasteiger partial charge is 0.310 e. The van der Waals surface area contributed by atoms with Crippen LogP contribution in [0.5, 0.6) is 0 Å². The Morgan fingerprint density at radius 3 is 2.45 bits per heavy atom. The van der Waals surface area contributed by atoms with Crippen molar-refractivity contribution >= 4 is 11.6 Å². The molecule has 1 aliphatic rings. The van der Waals surface area contributed by atoms with E-state index in [4.69, 9.17) is 11.6 Å². The molecule has 1 N–H and O–H groups in total. The van der Waals surface area contributed by atoms with E-state index in [9.17, 15) is 13.2 Å². The maximum absolute atomic E-state index is 12.3. The number of benzene rings is 1. The zero-order valence-electron chi connectivity index (χ0n) is 11.1. The lowest BCUT2D eigenvalue weighted by atomic mass is 10.0. The van der Waals surface area contributed by atoms with Crippen LogP contribution in [0.2, 0.25) is 5.02 Å². The van der Waals surface area contributed by atoms with Crippen LogP contribution in [0.3, 0.4) is 0 Å². The number of nitrogens with one attached hydrogen (secondary N) is 1. The number of piperidine rings is 1. The van der Waals surface area contributed by atoms with Gasteiger partial charge >= 0.3 is 6.18 Å². The molecule has 1 fully saturated rings. The minimum Gasteiger partial charge on any atom is -0.310 e. The van der Waals surface area contributed by atoms with Gasteiger partial charge in [0.2, 0.25) is 0 Å². The maximum atomic E-state index is 12.3. The second kappa shape index (κ2) is 6.78. The van der Waals surface area contributed by atoms with Gasteiger partial charge in [0, 0.05) is 17.6 Å². The maximum Gasteiger partial charge on any atom is 0.401 e. The normalized spacial score (nSPS) is 18.4. The Morgan fingerprint density at radius 1 is 1.20 bits per heavy atom. The molecule has 0 atom stereocenters. The van der Waals surface area contributed by atoms with E-state index in [1.54, 1.807) is 0 Å². The fourth-order valence-corrected chi connectivity index (χ4v) is 2.65. The molecule has 6 heteroatoms. The van der Waals surface area contributed by atoms with Crippen molar-refractivity contribution in [3.8, 4) is 0 Å². The molecule has 1 heterocycles. The summed E-state index contributed by atoms with van der Waals surface area (Å²) in [4.78, 5) is 1.47. The molecule has 0 saturated carbocycles. The molecule has 20 heavy (non-hydrogen) atoms. The first-order valence-electron chi connectivity index (χ1n) is 6.70. The minimum absolute atomic E-state index is 0.260. The Balaban J connectivity index is 1.74. The fourth-order valence-electron chi connectivity index (χ4n) is 2.44. The van der Waals surface area contributed by atoms with E-state index in [2.05, 4.69) is 5.32 Å². The number of rotatable bonds is 4. The van der Waals surface area contributed by atoms with Crippen LogP contribution in [-0.4, -0.2) is 36.8 Å². The highest BCUT2D eigenvalue weighted by molar-refractivity contribution is 6.31. The van der Waals surface area contributed by atoms with Gasteiger partial charge < -0.3 is 5.32 Å². The van der Waals surface area contributed by atoms with E-state index in [0.29, 0.717) is 19.6 Å². The Bertz CT molecular complexity index is 429. The van der Waals surface area contributed by atoms with Crippen molar-refractivity contribution in [3.05, 3.63) is 34.9 Å². The van der Waals surface area contributed by atoms with Crippen LogP contribution in [0.15, 0.2) is 24.3 Å². The van der Waals surface area contributed by atoms with Crippen molar-refractivity contribution in [2.75, 3.05) is 19.6 Å². The molecule has 1 aliphatic heterocycles. The molecule has 0 radical (unpaired) electrons. The number of nitrogens with zero attached hydrogens (tertiary/aromatic N) is 1. The number of alkyl halides is 3. The molecule has 1 saturated heterocycles. The SMILES string of the molecule is FC(F)(F)CN1CCC(NCc2ccccc2Cl)CC1. The topological polar surface area (TPSA) is 15.3 Å². The van der Waals surface area contributed by atoms with Crippen LogP contribution >= 0.6 is 11.6 Å². The van der Waals surface area contributed by atoms with Crippen molar-refractivity contribution in [1.82, 2.24) is 10.2 Å². The van der Waals surface area contributed by atoms with E-state index in [0.717, 1.165) is 23.4 Å². The number of halogens is 4. The zero-order chi connectivity index (χ0) is 14.6. The molecule has 1 aromatic carbocycles. The van der Waals surface area contributed by atoms with Gasteiger partial charge in [0.15, 0.2) is 0 Å². The van der Waals surface area contributed by atoms with Crippen LogP contribution in [0, 0.1) is 0 Å². The molecule has 0 aliphatic carbocycles. The van der Waals surface area contributed by atoms with Crippen LogP contribution < -0.4 is 5.32 Å². The first-order chi connectivity index (χ1) is 9.44. The second-order valence-electron chi connectivity index (χ2n) is 5.14. The summed E-state index contributed by atoms with van der Waals surface area (Å²) >= 11 is 6.06. The highest BCUT2D eigenvalue weighted by Gasteiger charge is 2.32. The summed E-state index contributed by atoms with van der Waals surface area (Å²) < 4.78 is 36.8. The average molecular weight is 307 g/mol. The van der Waals surface area contributed by atoms with E-state index < -0.39 is 12.7 Å². The van der Waals surface area contributed by atoms with Crippen molar-refractivity contribution in [3.63, 3.8) is 0 Å². The molecule has 0 spiro atoms. The first kappa shape index (κ1) is 15.6. The van der Waals surface area contributed by atoms with Crippen molar-refractivity contribution < 1.29 is 13.2 Å². The summed E-state index contributed by atoms with van der Waals surface area (Å²) in [7, 11) is 0. The molecule has 112 valence electrons. The number of hydrogen-bond donors (Lipinski definition) is 1. The van der Waals surface area contributed by atoms with Gasteiger partial charge in [-0.25, -0.2) is 0 Å². The molecule has 0 amide bonds. The molecule has 2 nitrogen and oxygen atoms in total. The highest BCUT2D eigenvalue weighted by atomic mass is 35.5. The van der Waals surface area contributed by atoms with Crippen LogP contribution in [0.4, 0.5) is 13.2 Å². The van der Waals surface area contributed by atoms with Gasteiger partial charge in [-0.2, -0.15) is 13.2 Å². The average Bonchev–Trinajstić information content (AvgIpc) is 2.38. The van der Waals surface area contributed by atoms with E-state index >= 15 is 0 Å². The molecule has 1 aromatic rings. The summed E-state index contributed by atoms with van der Waals surface area (Å²) in [6, 6.07) is 7.85. The summed E-state index contributed by atoms with van der Waals surface area (Å²) in [5.41, 5.74) is 1.02. The summed E-state index contributed by atoms with van der Waals surface area (Å²) in [6.45, 7) is 0.827. The number of likely N-dealkylation sites (tertiary alicyclic amines) is 1. The Kier molecular flexibility index (Phi) is 5.29. The Labute approximate surface area is 121 Å². The van der Waals surface area contributed by atoms with Crippen LogP contribution in [0.25, 0.3) is 0 Å². The third kappa shape index (κ3) is 4.96. The Hall–Kier alpha value is -0.780. The monoisotopic (exact) mass is 306 g/mol. The Morgan fingerprint density at radius 2 is 1.85 bits per heavy atom. The van der Waals surface area contributed by atoms with Crippen LogP contribution in [-0.2, 0) is 6.54 Å². The lowest BCUT2D eigenvalue weighted by molar-refractivity contribution is -0.148. The summed E-state index contributed by atoms with van der Waals surface area (Å²) in [5, 5.41) is 4.09. The van der Waals surface area contributed by atoms with Crippen molar-refractivity contribution in [2.45, 2.75) is 31.6 Å². The van der Waals surface area contributed by atoms with Crippen LogP contribution in [0.1, 0.15) is 18.4 Å². The lowest BCUT2D eigenvalue weighted by Gasteiger charge is -2.32. The highest BCUT2D eigenvalue weighted by Crippen LogP contribution is 2.20. The van der Waals surface area contributed by atoms with Crippen molar-refractivity contribution in [2.24, 2.45) is 0 Å². The molecule has 0 unspecified atom stereocenters. The summed E-state index contributed by atoms with van der Waals surface area (Å²) in [6.07, 6.45) is -2.63. The lowest BCUT2D eigenvalue weighted by Crippen LogP contribution is -2.45. The second-order valence-corrected chi connectivity index (χ2v) is 5.55. The van der Waals surface area contributed by atoms with Gasteiger partial charge in [-0.15, -0.1) is 0 Å². The van der Waals surface area contributed by atoms with E-state index in [1.807, 2.05) is 24.3 Å². The number of hydrogen-bond acceptors (Lipinski definition) is 2. The minimum atomic E-state index is -4.10. The zero-order valence-corrected chi connectivity index (χ0v) is 11.8. The summed E-state index contributed by atoms with van der Waals surface area (Å²) in [5.74, 6) is 0. The van der Waals surface area contributed by atoms with Gasteiger partial charge in [0.05, 0.1) is 6.54 Å². The predicted octanol–water partition coefficient (Wildman–Crippen LogP) is 3.46. The van der Waals surface area contributed by atoms with Gasteiger partial charge in [-0.05, 0) is 37.6 Å². The molecule has 0 aromatic heterocycles. The third-order valence-electron chi connectivity index (χ3n) is 3.53. The van der Waals surface area contributed by atoms with Gasteiger partial charge in [-0.1, -0.05) is 29.8 Å². The molecular formula is C14H18ClF3N2. The van der Waals surface area contributed by atoms with Gasteiger partial charge in [0.1, 0.15) is 0 Å². The molecular weight excluding hydrogens is 289 g/mol. The first-order valence-corrected chi connectivity index (χ1v) is 7.08. The quantitative estimate of drug-likeness (QED) is 0.916. The molecule has 0 bridgehead atoms. The van der Waals surface area contributed by atoms with Gasteiger partial charge in [0.25, 0.3) is 0 Å². The van der Waals surface area contributed by atoms with E-state index in [-0.39, 0.29) is 6.04 Å². The standard InChI is InChI=1S/C14H18ClF3N2/c15-13-4-2-1-3-11(13)9-19-12-5-7-20(8-6-12)10-14(16,17)18/h1-4,12,19H,5-10H2. The van der Waals surface area contributed by atoms with Crippen molar-refractivity contribution in [1.29, 1.82) is 0 Å². The predicted molar refractivity (Wildman–Crippen MR) is 73.8 cm³/mol. The third-order valence-corrected chi connectivity index (χ3v) is 3.90.